The molecule has 13 heavy (non-hydrogen) atoms. The summed E-state index contributed by atoms with van der Waals surface area (Å²) in [4.78, 5) is 24.1. The van der Waals surface area contributed by atoms with Gasteiger partial charge in [-0.2, -0.15) is 0 Å². The van der Waals surface area contributed by atoms with Crippen LogP contribution < -0.4 is 0 Å². The normalized spacial score (nSPS) is 15.1. The molecule has 0 spiro atoms. The van der Waals surface area contributed by atoms with E-state index in [9.17, 15) is 9.59 Å². The summed E-state index contributed by atoms with van der Waals surface area (Å²) >= 11 is 2.06. The zero-order chi connectivity index (χ0) is 9.59. The highest BCUT2D eigenvalue weighted by molar-refractivity contribution is 14.1. The van der Waals surface area contributed by atoms with Crippen molar-refractivity contribution in [3.8, 4) is 0 Å². The van der Waals surface area contributed by atoms with Crippen LogP contribution in [-0.2, 0) is 0 Å². The Morgan fingerprint density at radius 3 is 2.54 bits per heavy atom. The Kier molecular flexibility index (Phi) is 1.87. The Bertz CT molecular complexity index is 414. The molecular formula is C9H6INO2. The standard InChI is InChI=1S/C9H6INO2/c1-11-8(12)5-3-2-4-6(10)7(5)9(11)13/h2-4H,1H3. The van der Waals surface area contributed by atoms with Crippen molar-refractivity contribution < 1.29 is 9.59 Å². The summed E-state index contributed by atoms with van der Waals surface area (Å²) in [5.41, 5.74) is 1.05. The molecule has 0 fully saturated rings. The number of halogens is 1. The summed E-state index contributed by atoms with van der Waals surface area (Å²) in [5, 5.41) is 0. The number of carbonyl (C=O) groups is 2. The van der Waals surface area contributed by atoms with Crippen LogP contribution in [0.2, 0.25) is 0 Å². The third-order valence-corrected chi connectivity index (χ3v) is 2.97. The third-order valence-electron chi connectivity index (χ3n) is 2.07. The summed E-state index contributed by atoms with van der Waals surface area (Å²) < 4.78 is 0.831. The van der Waals surface area contributed by atoms with E-state index in [2.05, 4.69) is 22.6 Å². The maximum Gasteiger partial charge on any atom is 0.262 e. The van der Waals surface area contributed by atoms with Crippen LogP contribution in [0, 0.1) is 3.57 Å². The van der Waals surface area contributed by atoms with E-state index in [0.29, 0.717) is 11.1 Å². The maximum absolute atomic E-state index is 11.5. The van der Waals surface area contributed by atoms with Crippen LogP contribution in [0.15, 0.2) is 18.2 Å². The van der Waals surface area contributed by atoms with E-state index in [0.717, 1.165) is 8.47 Å². The molecule has 1 aromatic rings. The lowest BCUT2D eigenvalue weighted by atomic mass is 10.1. The first-order valence-electron chi connectivity index (χ1n) is 3.74. The molecule has 2 amide bonds. The Morgan fingerprint density at radius 2 is 1.92 bits per heavy atom. The zero-order valence-corrected chi connectivity index (χ0v) is 9.03. The van der Waals surface area contributed by atoms with Gasteiger partial charge in [-0.25, -0.2) is 0 Å². The van der Waals surface area contributed by atoms with Crippen LogP contribution in [0.4, 0.5) is 0 Å². The van der Waals surface area contributed by atoms with Crippen molar-refractivity contribution >= 4 is 34.4 Å². The lowest BCUT2D eigenvalue weighted by Crippen LogP contribution is -2.24. The molecule has 0 aliphatic carbocycles. The smallest absolute Gasteiger partial charge is 0.262 e. The molecule has 2 rings (SSSR count). The SMILES string of the molecule is CN1C(=O)c2cccc(I)c2C1=O. The molecule has 0 saturated carbocycles. The minimum absolute atomic E-state index is 0.204. The van der Waals surface area contributed by atoms with Gasteiger partial charge < -0.3 is 0 Å². The first-order chi connectivity index (χ1) is 6.13. The van der Waals surface area contributed by atoms with Gasteiger partial charge in [0.05, 0.1) is 11.1 Å². The predicted molar refractivity (Wildman–Crippen MR) is 55.6 cm³/mol. The van der Waals surface area contributed by atoms with Crippen LogP contribution in [0.1, 0.15) is 20.7 Å². The third kappa shape index (κ3) is 1.08. The number of carbonyl (C=O) groups excluding carboxylic acids is 2. The van der Waals surface area contributed by atoms with Crippen molar-refractivity contribution in [3.05, 3.63) is 32.9 Å². The van der Waals surface area contributed by atoms with E-state index >= 15 is 0 Å². The van der Waals surface area contributed by atoms with Crippen molar-refractivity contribution in [1.29, 1.82) is 0 Å². The predicted octanol–water partition coefficient (Wildman–Crippen LogP) is 1.52. The monoisotopic (exact) mass is 287 g/mol. The number of hydrogen-bond donors (Lipinski definition) is 0. The fourth-order valence-corrected chi connectivity index (χ4v) is 2.09. The molecule has 0 N–H and O–H groups in total. The van der Waals surface area contributed by atoms with E-state index in [1.807, 2.05) is 6.07 Å². The fourth-order valence-electron chi connectivity index (χ4n) is 1.36. The second-order valence-electron chi connectivity index (χ2n) is 2.83. The zero-order valence-electron chi connectivity index (χ0n) is 6.87. The highest BCUT2D eigenvalue weighted by atomic mass is 127. The molecule has 1 aliphatic heterocycles. The van der Waals surface area contributed by atoms with Crippen LogP contribution in [0.25, 0.3) is 0 Å². The van der Waals surface area contributed by atoms with Crippen molar-refractivity contribution in [2.24, 2.45) is 0 Å². The summed E-state index contributed by atoms with van der Waals surface area (Å²) in [6.45, 7) is 0. The maximum atomic E-state index is 11.5. The highest BCUT2D eigenvalue weighted by Gasteiger charge is 2.33. The van der Waals surface area contributed by atoms with E-state index in [1.165, 1.54) is 7.05 Å². The topological polar surface area (TPSA) is 37.4 Å². The summed E-state index contributed by atoms with van der Waals surface area (Å²) in [7, 11) is 1.50. The molecule has 1 aromatic carbocycles. The van der Waals surface area contributed by atoms with Gasteiger partial charge in [0.15, 0.2) is 0 Å². The van der Waals surface area contributed by atoms with E-state index < -0.39 is 0 Å². The lowest BCUT2D eigenvalue weighted by molar-refractivity contribution is 0.0693. The van der Waals surface area contributed by atoms with Gasteiger partial charge in [0.25, 0.3) is 11.8 Å². The number of nitrogens with zero attached hydrogens (tertiary/aromatic N) is 1. The molecule has 0 unspecified atom stereocenters. The van der Waals surface area contributed by atoms with Crippen molar-refractivity contribution in [2.45, 2.75) is 0 Å². The quantitative estimate of drug-likeness (QED) is 0.536. The van der Waals surface area contributed by atoms with E-state index in [4.69, 9.17) is 0 Å². The summed E-state index contributed by atoms with van der Waals surface area (Å²) in [6, 6.07) is 5.29. The Labute approximate surface area is 88.9 Å². The fraction of sp³-hybridized carbons (Fsp3) is 0.111. The van der Waals surface area contributed by atoms with Gasteiger partial charge in [0.2, 0.25) is 0 Å². The summed E-state index contributed by atoms with van der Waals surface area (Å²) in [5.74, 6) is -0.413. The molecule has 0 radical (unpaired) electrons. The van der Waals surface area contributed by atoms with Gasteiger partial charge in [0.1, 0.15) is 0 Å². The van der Waals surface area contributed by atoms with Gasteiger partial charge >= 0.3 is 0 Å². The number of amides is 2. The number of imide groups is 1. The number of fused-ring (bicyclic) bond motifs is 1. The summed E-state index contributed by atoms with van der Waals surface area (Å²) in [6.07, 6.45) is 0. The average Bonchev–Trinajstić information content (AvgIpc) is 2.33. The minimum atomic E-state index is -0.210. The van der Waals surface area contributed by atoms with Gasteiger partial charge in [-0.15, -0.1) is 0 Å². The van der Waals surface area contributed by atoms with Gasteiger partial charge in [-0.1, -0.05) is 6.07 Å². The number of benzene rings is 1. The molecule has 66 valence electrons. The molecule has 1 aliphatic rings. The molecule has 3 nitrogen and oxygen atoms in total. The van der Waals surface area contributed by atoms with Gasteiger partial charge in [0, 0.05) is 10.6 Å². The molecule has 0 atom stereocenters. The molecular weight excluding hydrogens is 281 g/mol. The average molecular weight is 287 g/mol. The van der Waals surface area contributed by atoms with Gasteiger partial charge in [-0.3, -0.25) is 14.5 Å². The number of hydrogen-bond acceptors (Lipinski definition) is 2. The Balaban J connectivity index is 2.74. The first-order valence-corrected chi connectivity index (χ1v) is 4.81. The van der Waals surface area contributed by atoms with Crippen LogP contribution in [0.5, 0.6) is 0 Å². The first kappa shape index (κ1) is 8.68. The molecule has 1 heterocycles. The highest BCUT2D eigenvalue weighted by Crippen LogP contribution is 2.25. The van der Waals surface area contributed by atoms with Crippen LogP contribution in [-0.4, -0.2) is 23.8 Å². The Morgan fingerprint density at radius 1 is 1.23 bits per heavy atom. The largest absolute Gasteiger partial charge is 0.277 e. The lowest BCUT2D eigenvalue weighted by Gasteiger charge is -2.02. The second-order valence-corrected chi connectivity index (χ2v) is 3.99. The minimum Gasteiger partial charge on any atom is -0.277 e. The van der Waals surface area contributed by atoms with Crippen molar-refractivity contribution in [1.82, 2.24) is 4.90 Å². The van der Waals surface area contributed by atoms with Crippen LogP contribution in [0.3, 0.4) is 0 Å². The second kappa shape index (κ2) is 2.80. The van der Waals surface area contributed by atoms with Crippen LogP contribution >= 0.6 is 22.6 Å². The van der Waals surface area contributed by atoms with E-state index in [-0.39, 0.29) is 11.8 Å². The van der Waals surface area contributed by atoms with Crippen molar-refractivity contribution in [2.75, 3.05) is 7.05 Å². The molecule has 0 saturated heterocycles. The molecule has 0 bridgehead atoms. The molecule has 0 aromatic heterocycles. The number of rotatable bonds is 0. The van der Waals surface area contributed by atoms with Gasteiger partial charge in [-0.05, 0) is 34.7 Å². The van der Waals surface area contributed by atoms with E-state index in [1.54, 1.807) is 12.1 Å². The molecule has 4 heteroatoms. The Hall–Kier alpha value is -0.910. The van der Waals surface area contributed by atoms with Crippen molar-refractivity contribution in [3.63, 3.8) is 0 Å².